The summed E-state index contributed by atoms with van der Waals surface area (Å²) in [6, 6.07) is 19.3. The maximum atomic E-state index is 13.5. The number of aliphatic hydroxyl groups excluding tert-OH is 1. The number of aryl methyl sites for hydroxylation is 1. The van der Waals surface area contributed by atoms with Gasteiger partial charge in [0, 0.05) is 11.3 Å². The average molecular weight is 514 g/mol. The standard InChI is InChI=1S/C32H35NO5/c1-19(2)38-25-15-13-24(14-16-25)33-28(21-8-11-23(12-9-21)32(4,5)6)27(30(35)31(33)36)29(34)22-10-17-26(37-7)20(3)18-22/h8-19,28,34H,1-7H3/b29-27-. The molecule has 0 radical (unpaired) electrons. The van der Waals surface area contributed by atoms with Crippen molar-refractivity contribution in [3.63, 3.8) is 0 Å². The number of Topliss-reactive ketones (excluding diaryl/α,β-unsaturated/α-hetero) is 1. The first-order valence-corrected chi connectivity index (χ1v) is 12.8. The Bertz CT molecular complexity index is 1380. The molecule has 1 heterocycles. The third-order valence-corrected chi connectivity index (χ3v) is 6.69. The van der Waals surface area contributed by atoms with Crippen LogP contribution in [0.25, 0.3) is 5.76 Å². The predicted molar refractivity (Wildman–Crippen MR) is 150 cm³/mol. The molecular weight excluding hydrogens is 478 g/mol. The second kappa shape index (κ2) is 10.4. The number of benzene rings is 3. The molecule has 6 nitrogen and oxygen atoms in total. The fourth-order valence-electron chi connectivity index (χ4n) is 4.72. The van der Waals surface area contributed by atoms with E-state index in [4.69, 9.17) is 9.47 Å². The van der Waals surface area contributed by atoms with Crippen molar-refractivity contribution >= 4 is 23.1 Å². The van der Waals surface area contributed by atoms with Crippen molar-refractivity contribution in [2.45, 2.75) is 59.1 Å². The van der Waals surface area contributed by atoms with Crippen molar-refractivity contribution in [1.29, 1.82) is 0 Å². The molecule has 0 aliphatic carbocycles. The smallest absolute Gasteiger partial charge is 0.300 e. The first kappa shape index (κ1) is 27.0. The highest BCUT2D eigenvalue weighted by atomic mass is 16.5. The Kier molecular flexibility index (Phi) is 7.36. The van der Waals surface area contributed by atoms with E-state index in [1.807, 2.05) is 45.0 Å². The van der Waals surface area contributed by atoms with Gasteiger partial charge in [-0.2, -0.15) is 0 Å². The number of methoxy groups -OCH3 is 1. The fraction of sp³-hybridized carbons (Fsp3) is 0.312. The van der Waals surface area contributed by atoms with E-state index >= 15 is 0 Å². The molecule has 4 rings (SSSR count). The normalized spacial score (nSPS) is 17.3. The summed E-state index contributed by atoms with van der Waals surface area (Å²) in [7, 11) is 1.58. The molecular formula is C32H35NO5. The average Bonchev–Trinajstić information content (AvgIpc) is 3.13. The van der Waals surface area contributed by atoms with Crippen LogP contribution in [0.4, 0.5) is 5.69 Å². The minimum Gasteiger partial charge on any atom is -0.507 e. The Hall–Kier alpha value is -4.06. The van der Waals surface area contributed by atoms with Crippen LogP contribution in [0.1, 0.15) is 62.9 Å². The van der Waals surface area contributed by atoms with E-state index in [9.17, 15) is 14.7 Å². The number of amides is 1. The van der Waals surface area contributed by atoms with E-state index < -0.39 is 17.7 Å². The number of aliphatic hydroxyl groups is 1. The van der Waals surface area contributed by atoms with Gasteiger partial charge in [0.2, 0.25) is 0 Å². The minimum absolute atomic E-state index is 0.00404. The zero-order valence-corrected chi connectivity index (χ0v) is 23.0. The van der Waals surface area contributed by atoms with Crippen LogP contribution in [0.15, 0.2) is 72.3 Å². The molecule has 3 aromatic rings. The zero-order chi connectivity index (χ0) is 27.8. The summed E-state index contributed by atoms with van der Waals surface area (Å²) in [5.41, 5.74) is 3.62. The summed E-state index contributed by atoms with van der Waals surface area (Å²) in [4.78, 5) is 28.4. The lowest BCUT2D eigenvalue weighted by atomic mass is 9.85. The lowest BCUT2D eigenvalue weighted by molar-refractivity contribution is -0.132. The van der Waals surface area contributed by atoms with Crippen LogP contribution in [-0.4, -0.2) is 30.0 Å². The number of ketones is 1. The van der Waals surface area contributed by atoms with Gasteiger partial charge in [-0.15, -0.1) is 0 Å². The number of ether oxygens (including phenoxy) is 2. The van der Waals surface area contributed by atoms with E-state index in [0.717, 1.165) is 16.7 Å². The lowest BCUT2D eigenvalue weighted by Crippen LogP contribution is -2.29. The van der Waals surface area contributed by atoms with Crippen LogP contribution < -0.4 is 14.4 Å². The molecule has 1 unspecified atom stereocenters. The molecule has 1 fully saturated rings. The SMILES string of the molecule is COc1ccc(/C(O)=C2/C(=O)C(=O)N(c3ccc(OC(C)C)cc3)C2c2ccc(C(C)(C)C)cc2)cc1C. The molecule has 3 aromatic carbocycles. The Morgan fingerprint density at radius 3 is 2.11 bits per heavy atom. The summed E-state index contributed by atoms with van der Waals surface area (Å²) < 4.78 is 11.1. The van der Waals surface area contributed by atoms with E-state index in [1.54, 1.807) is 49.6 Å². The largest absolute Gasteiger partial charge is 0.507 e. The summed E-state index contributed by atoms with van der Waals surface area (Å²) in [6.07, 6.45) is 0.00404. The molecule has 0 spiro atoms. The van der Waals surface area contributed by atoms with Gasteiger partial charge in [0.25, 0.3) is 11.7 Å². The van der Waals surface area contributed by atoms with Gasteiger partial charge in [0.15, 0.2) is 0 Å². The Morgan fingerprint density at radius 2 is 1.58 bits per heavy atom. The van der Waals surface area contributed by atoms with E-state index in [-0.39, 0.29) is 22.9 Å². The quantitative estimate of drug-likeness (QED) is 0.225. The van der Waals surface area contributed by atoms with Gasteiger partial charge < -0.3 is 14.6 Å². The molecule has 1 aliphatic rings. The van der Waals surface area contributed by atoms with Gasteiger partial charge in [0.1, 0.15) is 17.3 Å². The fourth-order valence-corrected chi connectivity index (χ4v) is 4.72. The monoisotopic (exact) mass is 513 g/mol. The van der Waals surface area contributed by atoms with Gasteiger partial charge >= 0.3 is 0 Å². The van der Waals surface area contributed by atoms with Crippen molar-refractivity contribution in [3.05, 3.63) is 94.6 Å². The summed E-state index contributed by atoms with van der Waals surface area (Å²) in [6.45, 7) is 12.1. The van der Waals surface area contributed by atoms with E-state index in [2.05, 4.69) is 20.8 Å². The van der Waals surface area contributed by atoms with Gasteiger partial charge in [-0.3, -0.25) is 14.5 Å². The van der Waals surface area contributed by atoms with E-state index in [0.29, 0.717) is 22.7 Å². The van der Waals surface area contributed by atoms with Crippen LogP contribution in [-0.2, 0) is 15.0 Å². The second-order valence-electron chi connectivity index (χ2n) is 10.9. The molecule has 1 saturated heterocycles. The highest BCUT2D eigenvalue weighted by Gasteiger charge is 2.47. The van der Waals surface area contributed by atoms with Gasteiger partial charge in [0.05, 0.1) is 24.8 Å². The number of carbonyl (C=O) groups is 2. The van der Waals surface area contributed by atoms with Crippen LogP contribution in [0, 0.1) is 6.92 Å². The third kappa shape index (κ3) is 5.17. The first-order valence-electron chi connectivity index (χ1n) is 12.8. The molecule has 1 atom stereocenters. The number of nitrogens with zero attached hydrogens (tertiary/aromatic N) is 1. The van der Waals surface area contributed by atoms with E-state index in [1.165, 1.54) is 4.90 Å². The summed E-state index contributed by atoms with van der Waals surface area (Å²) in [5.74, 6) is -0.316. The van der Waals surface area contributed by atoms with Crippen LogP contribution in [0.2, 0.25) is 0 Å². The molecule has 1 amide bonds. The van der Waals surface area contributed by atoms with Gasteiger partial charge in [-0.25, -0.2) is 0 Å². The molecule has 6 heteroatoms. The van der Waals surface area contributed by atoms with Crippen LogP contribution >= 0.6 is 0 Å². The number of rotatable bonds is 6. The second-order valence-corrected chi connectivity index (χ2v) is 10.9. The molecule has 1 N–H and O–H groups in total. The predicted octanol–water partition coefficient (Wildman–Crippen LogP) is 6.71. The number of hydrogen-bond acceptors (Lipinski definition) is 5. The van der Waals surface area contributed by atoms with Crippen molar-refractivity contribution in [2.75, 3.05) is 12.0 Å². The Balaban J connectivity index is 1.88. The number of hydrogen-bond donors (Lipinski definition) is 1. The third-order valence-electron chi connectivity index (χ3n) is 6.69. The van der Waals surface area contributed by atoms with Crippen molar-refractivity contribution < 1.29 is 24.2 Å². The lowest BCUT2D eigenvalue weighted by Gasteiger charge is -2.27. The van der Waals surface area contributed by atoms with Crippen LogP contribution in [0.5, 0.6) is 11.5 Å². The number of anilines is 1. The highest BCUT2D eigenvalue weighted by molar-refractivity contribution is 6.51. The number of carbonyl (C=O) groups excluding carboxylic acids is 2. The molecule has 0 bridgehead atoms. The van der Waals surface area contributed by atoms with Crippen molar-refractivity contribution in [1.82, 2.24) is 0 Å². The topological polar surface area (TPSA) is 76.1 Å². The maximum absolute atomic E-state index is 13.5. The van der Waals surface area contributed by atoms with Gasteiger partial charge in [-0.1, -0.05) is 45.0 Å². The molecule has 0 saturated carbocycles. The Labute approximate surface area is 224 Å². The minimum atomic E-state index is -0.803. The molecule has 198 valence electrons. The van der Waals surface area contributed by atoms with Gasteiger partial charge in [-0.05, 0) is 85.3 Å². The summed E-state index contributed by atoms with van der Waals surface area (Å²) in [5, 5.41) is 11.4. The zero-order valence-electron chi connectivity index (χ0n) is 23.0. The first-order chi connectivity index (χ1) is 17.9. The van der Waals surface area contributed by atoms with Crippen molar-refractivity contribution in [2.24, 2.45) is 0 Å². The molecule has 1 aliphatic heterocycles. The summed E-state index contributed by atoms with van der Waals surface area (Å²) >= 11 is 0. The maximum Gasteiger partial charge on any atom is 0.300 e. The Morgan fingerprint density at radius 1 is 0.947 bits per heavy atom. The van der Waals surface area contributed by atoms with Crippen molar-refractivity contribution in [3.8, 4) is 11.5 Å². The molecule has 0 aromatic heterocycles. The molecule has 38 heavy (non-hydrogen) atoms. The highest BCUT2D eigenvalue weighted by Crippen LogP contribution is 2.43. The van der Waals surface area contributed by atoms with Crippen LogP contribution in [0.3, 0.4) is 0 Å².